The van der Waals surface area contributed by atoms with E-state index in [4.69, 9.17) is 5.73 Å². The van der Waals surface area contributed by atoms with Crippen LogP contribution >= 0.6 is 0 Å². The number of carbonyl (C=O) groups is 1. The van der Waals surface area contributed by atoms with Crippen LogP contribution in [0.3, 0.4) is 0 Å². The molecule has 3 N–H and O–H groups in total. The minimum atomic E-state index is -0.450. The second-order valence-corrected chi connectivity index (χ2v) is 4.68. The zero-order chi connectivity index (χ0) is 13.1. The van der Waals surface area contributed by atoms with E-state index >= 15 is 0 Å². The summed E-state index contributed by atoms with van der Waals surface area (Å²) in [4.78, 5) is 13.7. The second kappa shape index (κ2) is 5.30. The van der Waals surface area contributed by atoms with Crippen molar-refractivity contribution in [1.82, 2.24) is 15.1 Å². The zero-order valence-corrected chi connectivity index (χ0v) is 10.4. The predicted molar refractivity (Wildman–Crippen MR) is 66.8 cm³/mol. The number of hydrogen-bond donors (Lipinski definition) is 2. The number of aliphatic hydroxyl groups is 1. The van der Waals surface area contributed by atoms with Crippen LogP contribution in [0.5, 0.6) is 0 Å². The molecule has 0 radical (unpaired) electrons. The Morgan fingerprint density at radius 2 is 2.11 bits per heavy atom. The molecule has 2 unspecified atom stereocenters. The summed E-state index contributed by atoms with van der Waals surface area (Å²) in [5.41, 5.74) is 5.68. The highest BCUT2D eigenvalue weighted by molar-refractivity contribution is 5.92. The second-order valence-electron chi connectivity index (χ2n) is 4.68. The molecule has 0 spiro atoms. The number of carbonyl (C=O) groups excluding carboxylic acids is 1. The molecule has 1 fully saturated rings. The van der Waals surface area contributed by atoms with Gasteiger partial charge in [0.2, 0.25) is 0 Å². The molecular weight excluding hydrogens is 232 g/mol. The number of hydrogen-bond acceptors (Lipinski definition) is 5. The number of amides is 1. The van der Waals surface area contributed by atoms with Gasteiger partial charge in [-0.2, -0.15) is 0 Å². The molecule has 2 rings (SSSR count). The number of nitrogen functional groups attached to an aromatic ring is 1. The number of nitrogens with zero attached hydrogens (tertiary/aromatic N) is 3. The first-order valence-electron chi connectivity index (χ1n) is 6.14. The van der Waals surface area contributed by atoms with Gasteiger partial charge in [0.05, 0.1) is 12.1 Å². The third-order valence-electron chi connectivity index (χ3n) is 3.42. The molecule has 1 saturated carbocycles. The van der Waals surface area contributed by atoms with E-state index in [1.54, 1.807) is 24.1 Å². The number of nitrogens with two attached hydrogens (primary N) is 1. The Bertz CT molecular complexity index is 421. The van der Waals surface area contributed by atoms with E-state index in [0.717, 1.165) is 25.7 Å². The normalized spacial score (nSPS) is 23.7. The molecule has 0 saturated heterocycles. The van der Waals surface area contributed by atoms with Crippen LogP contribution in [-0.4, -0.2) is 45.3 Å². The summed E-state index contributed by atoms with van der Waals surface area (Å²) in [5, 5.41) is 17.4. The van der Waals surface area contributed by atoms with Gasteiger partial charge in [0.1, 0.15) is 5.82 Å². The lowest BCUT2D eigenvalue weighted by Gasteiger charge is -2.34. The Hall–Kier alpha value is -1.69. The third kappa shape index (κ3) is 2.59. The molecule has 1 amide bonds. The SMILES string of the molecule is CN(C(=O)c1ccc(N)nn1)C1CCCCC1O. The molecule has 18 heavy (non-hydrogen) atoms. The van der Waals surface area contributed by atoms with Gasteiger partial charge >= 0.3 is 0 Å². The van der Waals surface area contributed by atoms with Crippen molar-refractivity contribution < 1.29 is 9.90 Å². The van der Waals surface area contributed by atoms with E-state index in [2.05, 4.69) is 10.2 Å². The molecule has 0 aromatic carbocycles. The van der Waals surface area contributed by atoms with E-state index < -0.39 is 6.10 Å². The maximum atomic E-state index is 12.2. The van der Waals surface area contributed by atoms with Gasteiger partial charge in [-0.15, -0.1) is 10.2 Å². The summed E-state index contributed by atoms with van der Waals surface area (Å²) in [6.07, 6.45) is 3.17. The lowest BCUT2D eigenvalue weighted by atomic mass is 9.91. The third-order valence-corrected chi connectivity index (χ3v) is 3.42. The monoisotopic (exact) mass is 250 g/mol. The van der Waals surface area contributed by atoms with Gasteiger partial charge in [-0.1, -0.05) is 12.8 Å². The van der Waals surface area contributed by atoms with Crippen molar-refractivity contribution >= 4 is 11.7 Å². The van der Waals surface area contributed by atoms with Gasteiger partial charge in [-0.05, 0) is 25.0 Å². The smallest absolute Gasteiger partial charge is 0.274 e. The Kier molecular flexibility index (Phi) is 3.76. The van der Waals surface area contributed by atoms with E-state index in [-0.39, 0.29) is 23.5 Å². The quantitative estimate of drug-likeness (QED) is 0.794. The highest BCUT2D eigenvalue weighted by atomic mass is 16.3. The zero-order valence-electron chi connectivity index (χ0n) is 10.4. The maximum absolute atomic E-state index is 12.2. The fraction of sp³-hybridized carbons (Fsp3) is 0.583. The Morgan fingerprint density at radius 3 is 2.72 bits per heavy atom. The van der Waals surface area contributed by atoms with Crippen molar-refractivity contribution in [3.63, 3.8) is 0 Å². The molecule has 1 aromatic heterocycles. The van der Waals surface area contributed by atoms with Crippen molar-refractivity contribution in [1.29, 1.82) is 0 Å². The summed E-state index contributed by atoms with van der Waals surface area (Å²) in [6, 6.07) is 2.97. The molecular formula is C12H18N4O2. The number of aromatic nitrogens is 2. The van der Waals surface area contributed by atoms with Crippen LogP contribution in [0.25, 0.3) is 0 Å². The largest absolute Gasteiger partial charge is 0.391 e. The molecule has 1 aromatic rings. The fourth-order valence-corrected chi connectivity index (χ4v) is 2.33. The molecule has 2 atom stereocenters. The van der Waals surface area contributed by atoms with Crippen LogP contribution in [0.15, 0.2) is 12.1 Å². The molecule has 1 aliphatic rings. The number of rotatable bonds is 2. The minimum absolute atomic E-state index is 0.134. The van der Waals surface area contributed by atoms with E-state index in [9.17, 15) is 9.90 Å². The van der Waals surface area contributed by atoms with Crippen molar-refractivity contribution in [2.75, 3.05) is 12.8 Å². The Labute approximate surface area is 106 Å². The van der Waals surface area contributed by atoms with Crippen molar-refractivity contribution in [2.45, 2.75) is 37.8 Å². The lowest BCUT2D eigenvalue weighted by molar-refractivity contribution is 0.0264. The first-order valence-corrected chi connectivity index (χ1v) is 6.14. The Morgan fingerprint density at radius 1 is 1.39 bits per heavy atom. The Balaban J connectivity index is 2.10. The first-order chi connectivity index (χ1) is 8.59. The molecule has 98 valence electrons. The minimum Gasteiger partial charge on any atom is -0.391 e. The number of aliphatic hydroxyl groups excluding tert-OH is 1. The summed E-state index contributed by atoms with van der Waals surface area (Å²) >= 11 is 0. The van der Waals surface area contributed by atoms with E-state index in [1.165, 1.54) is 0 Å². The molecule has 0 aliphatic heterocycles. The highest BCUT2D eigenvalue weighted by Crippen LogP contribution is 2.23. The van der Waals surface area contributed by atoms with Crippen molar-refractivity contribution in [3.05, 3.63) is 17.8 Å². The average Bonchev–Trinajstić information content (AvgIpc) is 2.38. The highest BCUT2D eigenvalue weighted by Gasteiger charge is 2.30. The first kappa shape index (κ1) is 12.8. The summed E-state index contributed by atoms with van der Waals surface area (Å²) < 4.78 is 0. The lowest BCUT2D eigenvalue weighted by Crippen LogP contribution is -2.46. The number of likely N-dealkylation sites (N-methyl/N-ethyl adjacent to an activating group) is 1. The van der Waals surface area contributed by atoms with Crippen LogP contribution in [0.4, 0.5) is 5.82 Å². The van der Waals surface area contributed by atoms with Crippen molar-refractivity contribution in [2.24, 2.45) is 0 Å². The topological polar surface area (TPSA) is 92.3 Å². The maximum Gasteiger partial charge on any atom is 0.274 e. The van der Waals surface area contributed by atoms with Gasteiger partial charge in [-0.3, -0.25) is 4.79 Å². The van der Waals surface area contributed by atoms with Crippen LogP contribution in [0, 0.1) is 0 Å². The van der Waals surface area contributed by atoms with Gasteiger partial charge in [0.25, 0.3) is 5.91 Å². The summed E-state index contributed by atoms with van der Waals surface area (Å²) in [7, 11) is 1.69. The molecule has 6 heteroatoms. The van der Waals surface area contributed by atoms with Crippen LogP contribution in [0.1, 0.15) is 36.2 Å². The summed E-state index contributed by atoms with van der Waals surface area (Å²) in [6.45, 7) is 0. The van der Waals surface area contributed by atoms with Crippen LogP contribution in [0.2, 0.25) is 0 Å². The predicted octanol–water partition coefficient (Wildman–Crippen LogP) is 0.434. The molecule has 0 bridgehead atoms. The van der Waals surface area contributed by atoms with E-state index in [1.807, 2.05) is 0 Å². The van der Waals surface area contributed by atoms with Gasteiger partial charge in [0, 0.05) is 7.05 Å². The van der Waals surface area contributed by atoms with Gasteiger partial charge in [0.15, 0.2) is 5.69 Å². The molecule has 6 nitrogen and oxygen atoms in total. The average molecular weight is 250 g/mol. The van der Waals surface area contributed by atoms with Crippen LogP contribution in [-0.2, 0) is 0 Å². The van der Waals surface area contributed by atoms with E-state index in [0.29, 0.717) is 0 Å². The van der Waals surface area contributed by atoms with Gasteiger partial charge in [-0.25, -0.2) is 0 Å². The fourth-order valence-electron chi connectivity index (χ4n) is 2.33. The van der Waals surface area contributed by atoms with Crippen molar-refractivity contribution in [3.8, 4) is 0 Å². The standard InChI is InChI=1S/C12H18N4O2/c1-16(9-4-2-3-5-10(9)17)12(18)8-6-7-11(13)15-14-8/h6-7,9-10,17H,2-5H2,1H3,(H2,13,15). The summed E-state index contributed by atoms with van der Waals surface area (Å²) in [5.74, 6) is 0.0559. The van der Waals surface area contributed by atoms with Gasteiger partial charge < -0.3 is 15.7 Å². The van der Waals surface area contributed by atoms with Crippen LogP contribution < -0.4 is 5.73 Å². The number of anilines is 1. The molecule has 1 heterocycles. The molecule has 1 aliphatic carbocycles.